The lowest BCUT2D eigenvalue weighted by Gasteiger charge is -2.47. The molecule has 1 atom stereocenters. The second-order valence-corrected chi connectivity index (χ2v) is 6.58. The van der Waals surface area contributed by atoms with E-state index in [0.717, 1.165) is 23.9 Å². The van der Waals surface area contributed by atoms with Gasteiger partial charge in [-0.1, -0.05) is 15.9 Å². The average Bonchev–Trinajstić information content (AvgIpc) is 2.30. The molecule has 0 aliphatic carbocycles. The summed E-state index contributed by atoms with van der Waals surface area (Å²) in [6, 6.07) is 10.8. The molecule has 1 aliphatic heterocycles. The summed E-state index contributed by atoms with van der Waals surface area (Å²) in [5, 5.41) is 8.83. The number of anilines is 1. The van der Waals surface area contributed by atoms with Crippen molar-refractivity contribution < 1.29 is 0 Å². The van der Waals surface area contributed by atoms with Gasteiger partial charge in [-0.25, -0.2) is 0 Å². The summed E-state index contributed by atoms with van der Waals surface area (Å²) < 4.78 is 1.11. The van der Waals surface area contributed by atoms with Crippen LogP contribution in [0.1, 0.15) is 33.1 Å². The Labute approximate surface area is 118 Å². The Morgan fingerprint density at radius 2 is 2.06 bits per heavy atom. The van der Waals surface area contributed by atoms with Gasteiger partial charge in [0, 0.05) is 28.7 Å². The Bertz CT molecular complexity index is 445. The Balaban J connectivity index is 2.15. The Kier molecular flexibility index (Phi) is 3.97. The van der Waals surface area contributed by atoms with Crippen molar-refractivity contribution in [1.29, 1.82) is 5.26 Å². The van der Waals surface area contributed by atoms with Gasteiger partial charge in [0.05, 0.1) is 6.07 Å². The van der Waals surface area contributed by atoms with E-state index in [9.17, 15) is 0 Å². The van der Waals surface area contributed by atoms with E-state index in [0.29, 0.717) is 12.3 Å². The topological polar surface area (TPSA) is 27.0 Å². The summed E-state index contributed by atoms with van der Waals surface area (Å²) in [6.45, 7) is 5.60. The Morgan fingerprint density at radius 3 is 2.61 bits per heavy atom. The fourth-order valence-corrected chi connectivity index (χ4v) is 3.20. The summed E-state index contributed by atoms with van der Waals surface area (Å²) >= 11 is 3.47. The normalized spacial score (nSPS) is 22.6. The lowest BCUT2D eigenvalue weighted by Crippen LogP contribution is -2.50. The van der Waals surface area contributed by atoms with Crippen molar-refractivity contribution in [2.24, 2.45) is 5.92 Å². The predicted molar refractivity (Wildman–Crippen MR) is 78.5 cm³/mol. The predicted octanol–water partition coefficient (Wildman–Crippen LogP) is 4.36. The van der Waals surface area contributed by atoms with Gasteiger partial charge in [-0.2, -0.15) is 5.26 Å². The first kappa shape index (κ1) is 13.4. The molecule has 0 radical (unpaired) electrons. The zero-order valence-corrected chi connectivity index (χ0v) is 12.6. The van der Waals surface area contributed by atoms with E-state index in [1.165, 1.54) is 5.69 Å². The molecule has 1 aromatic carbocycles. The fraction of sp³-hybridized carbons (Fsp3) is 0.533. The van der Waals surface area contributed by atoms with Gasteiger partial charge in [0.2, 0.25) is 0 Å². The highest BCUT2D eigenvalue weighted by Crippen LogP contribution is 2.36. The summed E-state index contributed by atoms with van der Waals surface area (Å²) in [5.41, 5.74) is 1.41. The average molecular weight is 307 g/mol. The number of hydrogen-bond acceptors (Lipinski definition) is 2. The molecular formula is C15H19BrN2. The van der Waals surface area contributed by atoms with Gasteiger partial charge in [0.25, 0.3) is 0 Å². The van der Waals surface area contributed by atoms with Gasteiger partial charge in [-0.3, -0.25) is 0 Å². The minimum atomic E-state index is 0.133. The zero-order chi connectivity index (χ0) is 13.2. The van der Waals surface area contributed by atoms with E-state index >= 15 is 0 Å². The molecule has 0 saturated carbocycles. The number of rotatable bonds is 2. The van der Waals surface area contributed by atoms with Crippen molar-refractivity contribution >= 4 is 21.6 Å². The van der Waals surface area contributed by atoms with Crippen molar-refractivity contribution in [2.75, 3.05) is 11.4 Å². The van der Waals surface area contributed by atoms with Crippen molar-refractivity contribution in [1.82, 2.24) is 0 Å². The lowest BCUT2D eigenvalue weighted by molar-refractivity contribution is 0.277. The Hall–Kier alpha value is -1.01. The third kappa shape index (κ3) is 2.87. The summed E-state index contributed by atoms with van der Waals surface area (Å²) in [4.78, 5) is 2.47. The molecule has 18 heavy (non-hydrogen) atoms. The molecule has 0 bridgehead atoms. The second kappa shape index (κ2) is 5.32. The molecule has 0 spiro atoms. The molecule has 1 aliphatic rings. The van der Waals surface area contributed by atoms with Gasteiger partial charge < -0.3 is 4.90 Å². The maximum absolute atomic E-state index is 8.83. The molecule has 96 valence electrons. The highest BCUT2D eigenvalue weighted by Gasteiger charge is 2.34. The van der Waals surface area contributed by atoms with Gasteiger partial charge in [0.1, 0.15) is 0 Å². The van der Waals surface area contributed by atoms with E-state index in [2.05, 4.69) is 65.0 Å². The van der Waals surface area contributed by atoms with E-state index < -0.39 is 0 Å². The zero-order valence-electron chi connectivity index (χ0n) is 11.0. The van der Waals surface area contributed by atoms with Gasteiger partial charge in [-0.15, -0.1) is 0 Å². The van der Waals surface area contributed by atoms with Crippen LogP contribution >= 0.6 is 15.9 Å². The van der Waals surface area contributed by atoms with Crippen molar-refractivity contribution in [3.8, 4) is 6.07 Å². The number of halogens is 1. The number of benzene rings is 1. The van der Waals surface area contributed by atoms with E-state index in [1.54, 1.807) is 0 Å². The highest BCUT2D eigenvalue weighted by molar-refractivity contribution is 9.10. The van der Waals surface area contributed by atoms with E-state index in [4.69, 9.17) is 5.26 Å². The monoisotopic (exact) mass is 306 g/mol. The minimum Gasteiger partial charge on any atom is -0.366 e. The molecule has 1 aromatic rings. The van der Waals surface area contributed by atoms with Crippen molar-refractivity contribution in [2.45, 2.75) is 38.6 Å². The first-order chi connectivity index (χ1) is 8.53. The van der Waals surface area contributed by atoms with Crippen LogP contribution in [0.4, 0.5) is 5.69 Å². The lowest BCUT2D eigenvalue weighted by atomic mass is 9.81. The third-order valence-electron chi connectivity index (χ3n) is 3.80. The molecule has 1 heterocycles. The maximum atomic E-state index is 8.83. The Morgan fingerprint density at radius 1 is 1.39 bits per heavy atom. The van der Waals surface area contributed by atoms with E-state index in [-0.39, 0.29) is 5.54 Å². The molecule has 3 heteroatoms. The smallest absolute Gasteiger partial charge is 0.0624 e. The molecule has 1 unspecified atom stereocenters. The van der Waals surface area contributed by atoms with Crippen LogP contribution in [0.25, 0.3) is 0 Å². The first-order valence-electron chi connectivity index (χ1n) is 6.43. The van der Waals surface area contributed by atoms with Crippen LogP contribution in [0.2, 0.25) is 0 Å². The van der Waals surface area contributed by atoms with Gasteiger partial charge in [-0.05, 0) is 56.9 Å². The fourth-order valence-electron chi connectivity index (χ4n) is 2.94. The molecule has 0 N–H and O–H groups in total. The number of nitrogens with zero attached hydrogens (tertiary/aromatic N) is 2. The number of nitriles is 1. The molecule has 2 rings (SSSR count). The van der Waals surface area contributed by atoms with Crippen LogP contribution in [0.3, 0.4) is 0 Å². The molecule has 0 amide bonds. The van der Waals surface area contributed by atoms with Crippen LogP contribution in [0.15, 0.2) is 28.7 Å². The molecule has 1 fully saturated rings. The molecular weight excluding hydrogens is 288 g/mol. The van der Waals surface area contributed by atoms with Crippen molar-refractivity contribution in [3.63, 3.8) is 0 Å². The standard InChI is InChI=1S/C15H19BrN2/c1-15(2)11-12(7-9-17)8-10-18(15)14-5-3-13(16)4-6-14/h3-6,12H,7-8,10-11H2,1-2H3. The van der Waals surface area contributed by atoms with Crippen LogP contribution in [-0.4, -0.2) is 12.1 Å². The highest BCUT2D eigenvalue weighted by atomic mass is 79.9. The molecule has 0 aromatic heterocycles. The van der Waals surface area contributed by atoms with Gasteiger partial charge in [0.15, 0.2) is 0 Å². The third-order valence-corrected chi connectivity index (χ3v) is 4.33. The quantitative estimate of drug-likeness (QED) is 0.812. The summed E-state index contributed by atoms with van der Waals surface area (Å²) in [5.74, 6) is 0.552. The largest absolute Gasteiger partial charge is 0.366 e. The number of piperidine rings is 1. The maximum Gasteiger partial charge on any atom is 0.0624 e. The van der Waals surface area contributed by atoms with Crippen LogP contribution in [0, 0.1) is 17.2 Å². The number of hydrogen-bond donors (Lipinski definition) is 0. The second-order valence-electron chi connectivity index (χ2n) is 5.66. The van der Waals surface area contributed by atoms with Gasteiger partial charge >= 0.3 is 0 Å². The van der Waals surface area contributed by atoms with Crippen molar-refractivity contribution in [3.05, 3.63) is 28.7 Å². The first-order valence-corrected chi connectivity index (χ1v) is 7.22. The summed E-state index contributed by atoms with van der Waals surface area (Å²) in [7, 11) is 0. The minimum absolute atomic E-state index is 0.133. The van der Waals surface area contributed by atoms with Crippen LogP contribution < -0.4 is 4.90 Å². The van der Waals surface area contributed by atoms with E-state index in [1.807, 2.05) is 0 Å². The molecule has 1 saturated heterocycles. The SMILES string of the molecule is CC1(C)CC(CC#N)CCN1c1ccc(Br)cc1. The molecule has 2 nitrogen and oxygen atoms in total. The van der Waals surface area contributed by atoms with Crippen LogP contribution in [0.5, 0.6) is 0 Å². The summed E-state index contributed by atoms with van der Waals surface area (Å²) in [6.07, 6.45) is 2.90. The van der Waals surface area contributed by atoms with Crippen LogP contribution in [-0.2, 0) is 0 Å².